The van der Waals surface area contributed by atoms with E-state index < -0.39 is 0 Å². The van der Waals surface area contributed by atoms with E-state index in [1.165, 1.54) is 51.4 Å². The average Bonchev–Trinajstić information content (AvgIpc) is 2.70. The molecule has 0 aromatic carbocycles. The Morgan fingerprint density at radius 1 is 1.18 bits per heavy atom. The van der Waals surface area contributed by atoms with E-state index in [0.29, 0.717) is 0 Å². The van der Waals surface area contributed by atoms with Gasteiger partial charge in [0.25, 0.3) is 0 Å². The maximum Gasteiger partial charge on any atom is 0.0728 e. The minimum atomic E-state index is -0.214. The molecule has 0 heterocycles. The summed E-state index contributed by atoms with van der Waals surface area (Å²) in [5.41, 5.74) is 0. The third-order valence-corrected chi connectivity index (χ3v) is 5.23. The molecule has 0 saturated heterocycles. The summed E-state index contributed by atoms with van der Waals surface area (Å²) in [5.74, 6) is 3.17. The molecule has 4 unspecified atom stereocenters. The highest BCUT2D eigenvalue weighted by Gasteiger charge is 2.34. The van der Waals surface area contributed by atoms with Gasteiger partial charge in [0.05, 0.1) is 6.10 Å². The molecule has 0 aromatic heterocycles. The van der Waals surface area contributed by atoms with Crippen molar-refractivity contribution in [3.05, 3.63) is 10.2 Å². The lowest BCUT2D eigenvalue weighted by Gasteiger charge is -2.28. The minimum Gasteiger partial charge on any atom is -0.389 e. The smallest absolute Gasteiger partial charge is 0.0728 e. The van der Waals surface area contributed by atoms with E-state index in [1.807, 2.05) is 10.2 Å². The van der Waals surface area contributed by atoms with Crippen LogP contribution < -0.4 is 0 Å². The quantitative estimate of drug-likeness (QED) is 0.546. The van der Waals surface area contributed by atoms with E-state index in [0.717, 1.165) is 24.2 Å². The van der Waals surface area contributed by atoms with Crippen LogP contribution in [-0.4, -0.2) is 11.2 Å². The second-order valence-corrected chi connectivity index (χ2v) is 6.67. The van der Waals surface area contributed by atoms with Crippen LogP contribution in [0.5, 0.6) is 0 Å². The van der Waals surface area contributed by atoms with Crippen LogP contribution in [0.3, 0.4) is 0 Å². The molecule has 17 heavy (non-hydrogen) atoms. The maximum atomic E-state index is 9.60. The summed E-state index contributed by atoms with van der Waals surface area (Å²) in [6.07, 6.45) is 14.1. The maximum absolute atomic E-state index is 9.60. The van der Waals surface area contributed by atoms with Gasteiger partial charge in [-0.2, -0.15) is 0 Å². The van der Waals surface area contributed by atoms with Crippen molar-refractivity contribution in [2.75, 3.05) is 0 Å². The molecular weight excluding hydrogens is 323 g/mol. The molecule has 0 radical (unpaired) electrons. The Bertz CT molecular complexity index is 251. The summed E-state index contributed by atoms with van der Waals surface area (Å²) in [6.45, 7) is 0. The number of fused-ring (bicyclic) bond motifs is 2. The molecule has 0 spiro atoms. The Kier molecular flexibility index (Phi) is 5.81. The van der Waals surface area contributed by atoms with Crippen LogP contribution in [0.1, 0.15) is 57.8 Å². The second-order valence-electron chi connectivity index (χ2n) is 5.95. The number of hydrogen-bond acceptors (Lipinski definition) is 1. The number of aliphatic hydroxyl groups excluding tert-OH is 1. The monoisotopic (exact) mass is 348 g/mol. The Hall–Kier alpha value is 0.430. The fourth-order valence-electron chi connectivity index (χ4n) is 3.81. The van der Waals surface area contributed by atoms with Crippen molar-refractivity contribution in [3.8, 4) is 0 Å². The number of unbranched alkanes of at least 4 members (excludes halogenated alkanes) is 1. The fraction of sp³-hybridized carbons (Fsp3) is 0.867. The Balaban J connectivity index is 1.59. The van der Waals surface area contributed by atoms with Crippen LogP contribution in [0.4, 0.5) is 0 Å². The summed E-state index contributed by atoms with van der Waals surface area (Å²) in [5, 5.41) is 9.60. The molecule has 2 aliphatic carbocycles. The molecule has 2 saturated carbocycles. The molecule has 2 fully saturated rings. The third-order valence-electron chi connectivity index (χ3n) is 4.81. The molecule has 1 nitrogen and oxygen atoms in total. The van der Waals surface area contributed by atoms with Gasteiger partial charge in [-0.05, 0) is 47.5 Å². The number of aliphatic hydroxyl groups is 1. The van der Waals surface area contributed by atoms with Crippen LogP contribution in [0.2, 0.25) is 0 Å². The van der Waals surface area contributed by atoms with E-state index in [1.54, 1.807) is 0 Å². The van der Waals surface area contributed by atoms with Crippen LogP contribution in [-0.2, 0) is 0 Å². The standard InChI is InChI=1S/C15H25IO/c16-10-9-15(17)4-2-1-3-13-7-5-12-6-8-14(13)11-12/h9-10,12-15,17H,1-8,11H2. The zero-order valence-corrected chi connectivity index (χ0v) is 12.8. The summed E-state index contributed by atoms with van der Waals surface area (Å²) in [4.78, 5) is 0. The van der Waals surface area contributed by atoms with E-state index in [4.69, 9.17) is 0 Å². The first-order chi connectivity index (χ1) is 8.29. The number of hydrogen-bond donors (Lipinski definition) is 1. The van der Waals surface area contributed by atoms with Crippen molar-refractivity contribution in [2.45, 2.75) is 63.9 Å². The van der Waals surface area contributed by atoms with E-state index >= 15 is 0 Å². The molecule has 2 heteroatoms. The van der Waals surface area contributed by atoms with E-state index in [2.05, 4.69) is 22.6 Å². The van der Waals surface area contributed by atoms with Gasteiger partial charge in [-0.25, -0.2) is 0 Å². The first-order valence-corrected chi connectivity index (χ1v) is 8.49. The second kappa shape index (κ2) is 7.13. The molecular formula is C15H25IO. The first-order valence-electron chi connectivity index (χ1n) is 7.24. The van der Waals surface area contributed by atoms with Gasteiger partial charge in [0.1, 0.15) is 0 Å². The number of rotatable bonds is 6. The highest BCUT2D eigenvalue weighted by molar-refractivity contribution is 14.1. The van der Waals surface area contributed by atoms with Gasteiger partial charge < -0.3 is 5.11 Å². The van der Waals surface area contributed by atoms with Gasteiger partial charge in [0.2, 0.25) is 0 Å². The summed E-state index contributed by atoms with van der Waals surface area (Å²) in [6, 6.07) is 0. The first kappa shape index (κ1) is 13.9. The van der Waals surface area contributed by atoms with Crippen LogP contribution in [0.15, 0.2) is 10.2 Å². The van der Waals surface area contributed by atoms with Gasteiger partial charge in [0, 0.05) is 0 Å². The Morgan fingerprint density at radius 2 is 2.00 bits per heavy atom. The molecule has 2 rings (SSSR count). The van der Waals surface area contributed by atoms with Gasteiger partial charge in [-0.3, -0.25) is 0 Å². The molecule has 4 atom stereocenters. The Morgan fingerprint density at radius 3 is 2.82 bits per heavy atom. The van der Waals surface area contributed by atoms with Crippen molar-refractivity contribution < 1.29 is 5.11 Å². The van der Waals surface area contributed by atoms with Crippen LogP contribution in [0, 0.1) is 17.8 Å². The van der Waals surface area contributed by atoms with E-state index in [-0.39, 0.29) is 6.10 Å². The largest absolute Gasteiger partial charge is 0.389 e. The van der Waals surface area contributed by atoms with Gasteiger partial charge >= 0.3 is 0 Å². The lowest BCUT2D eigenvalue weighted by atomic mass is 9.77. The number of halogens is 1. The molecule has 1 N–H and O–H groups in total. The fourth-order valence-corrected chi connectivity index (χ4v) is 4.29. The summed E-state index contributed by atoms with van der Waals surface area (Å²) in [7, 11) is 0. The van der Waals surface area contributed by atoms with Crippen molar-refractivity contribution in [3.63, 3.8) is 0 Å². The summed E-state index contributed by atoms with van der Waals surface area (Å²) < 4.78 is 1.92. The van der Waals surface area contributed by atoms with Crippen LogP contribution in [0.25, 0.3) is 0 Å². The van der Waals surface area contributed by atoms with Crippen LogP contribution >= 0.6 is 22.6 Å². The molecule has 2 bridgehead atoms. The zero-order chi connectivity index (χ0) is 12.1. The van der Waals surface area contributed by atoms with E-state index in [9.17, 15) is 5.11 Å². The lowest BCUT2D eigenvalue weighted by Crippen LogP contribution is -2.17. The highest BCUT2D eigenvalue weighted by Crippen LogP contribution is 2.46. The molecule has 98 valence electrons. The summed E-state index contributed by atoms with van der Waals surface area (Å²) >= 11 is 2.17. The van der Waals surface area contributed by atoms with Gasteiger partial charge in [-0.1, -0.05) is 60.8 Å². The molecule has 0 amide bonds. The predicted molar refractivity (Wildman–Crippen MR) is 81.2 cm³/mol. The molecule has 0 aromatic rings. The molecule has 0 aliphatic heterocycles. The minimum absolute atomic E-state index is 0.214. The Labute approximate surface area is 119 Å². The third kappa shape index (κ3) is 4.23. The normalized spacial score (nSPS) is 34.4. The molecule has 2 aliphatic rings. The highest BCUT2D eigenvalue weighted by atomic mass is 127. The zero-order valence-electron chi connectivity index (χ0n) is 10.7. The predicted octanol–water partition coefficient (Wildman–Crippen LogP) is 4.68. The van der Waals surface area contributed by atoms with Crippen molar-refractivity contribution in [2.24, 2.45) is 17.8 Å². The van der Waals surface area contributed by atoms with Crippen molar-refractivity contribution in [1.29, 1.82) is 0 Å². The van der Waals surface area contributed by atoms with Gasteiger partial charge in [-0.15, -0.1) is 0 Å². The lowest BCUT2D eigenvalue weighted by molar-refractivity contribution is 0.198. The van der Waals surface area contributed by atoms with Gasteiger partial charge in [0.15, 0.2) is 0 Å². The SMILES string of the molecule is OC(C=CI)CCCCC1CCC2CCC1C2. The average molecular weight is 348 g/mol. The van der Waals surface area contributed by atoms with Crippen molar-refractivity contribution >= 4 is 22.6 Å². The topological polar surface area (TPSA) is 20.2 Å². The van der Waals surface area contributed by atoms with Crippen molar-refractivity contribution in [1.82, 2.24) is 0 Å².